The number of amides is 1. The van der Waals surface area contributed by atoms with Crippen LogP contribution in [0.5, 0.6) is 0 Å². The molecule has 0 N–H and O–H groups in total. The minimum Gasteiger partial charge on any atom is -0.361 e. The fraction of sp³-hybridized carbons (Fsp3) is 0.636. The largest absolute Gasteiger partial charge is 0.361 e. The Labute approximate surface area is 106 Å². The molecule has 1 fully saturated rings. The van der Waals surface area contributed by atoms with E-state index in [1.54, 1.807) is 17.9 Å². The van der Waals surface area contributed by atoms with Crippen molar-refractivity contribution in [3.05, 3.63) is 17.5 Å². The monoisotopic (exact) mass is 272 g/mol. The van der Waals surface area contributed by atoms with Crippen molar-refractivity contribution in [2.24, 2.45) is 0 Å². The third-order valence-corrected chi connectivity index (χ3v) is 4.86. The van der Waals surface area contributed by atoms with Gasteiger partial charge in [-0.3, -0.25) is 4.79 Å². The maximum atomic E-state index is 12.0. The number of piperidine rings is 1. The van der Waals surface area contributed by atoms with E-state index in [-0.39, 0.29) is 16.9 Å². The molecule has 0 radical (unpaired) electrons. The fourth-order valence-corrected chi connectivity index (χ4v) is 3.18. The number of aromatic nitrogens is 1. The van der Waals surface area contributed by atoms with Gasteiger partial charge in [-0.05, 0) is 19.8 Å². The minimum absolute atomic E-state index is 0.196. The smallest absolute Gasteiger partial charge is 0.276 e. The zero-order valence-electron chi connectivity index (χ0n) is 10.4. The maximum Gasteiger partial charge on any atom is 0.276 e. The molecule has 0 unspecified atom stereocenters. The lowest BCUT2D eigenvalue weighted by molar-refractivity contribution is 0.0715. The summed E-state index contributed by atoms with van der Waals surface area (Å²) in [5, 5.41) is 3.34. The van der Waals surface area contributed by atoms with Gasteiger partial charge in [-0.1, -0.05) is 5.16 Å². The molecule has 1 aromatic heterocycles. The van der Waals surface area contributed by atoms with Crippen molar-refractivity contribution in [1.29, 1.82) is 0 Å². The lowest BCUT2D eigenvalue weighted by Gasteiger charge is -2.30. The highest BCUT2D eigenvalue weighted by Gasteiger charge is 2.30. The summed E-state index contributed by atoms with van der Waals surface area (Å²) >= 11 is 0. The number of sulfone groups is 1. The Morgan fingerprint density at radius 3 is 2.50 bits per heavy atom. The van der Waals surface area contributed by atoms with Crippen molar-refractivity contribution in [2.75, 3.05) is 19.3 Å². The molecule has 2 heterocycles. The average Bonchev–Trinajstić information content (AvgIpc) is 2.74. The Morgan fingerprint density at radius 1 is 1.44 bits per heavy atom. The van der Waals surface area contributed by atoms with Gasteiger partial charge in [0.15, 0.2) is 5.69 Å². The van der Waals surface area contributed by atoms with Gasteiger partial charge < -0.3 is 9.42 Å². The van der Waals surface area contributed by atoms with Gasteiger partial charge in [0, 0.05) is 25.4 Å². The number of hydrogen-bond donors (Lipinski definition) is 0. The number of hydrogen-bond acceptors (Lipinski definition) is 5. The quantitative estimate of drug-likeness (QED) is 0.789. The molecule has 1 aliphatic heterocycles. The Bertz CT molecular complexity index is 541. The summed E-state index contributed by atoms with van der Waals surface area (Å²) < 4.78 is 27.7. The van der Waals surface area contributed by atoms with E-state index in [9.17, 15) is 13.2 Å². The van der Waals surface area contributed by atoms with Gasteiger partial charge in [0.05, 0.1) is 5.25 Å². The maximum absolute atomic E-state index is 12.0. The minimum atomic E-state index is -3.01. The average molecular weight is 272 g/mol. The van der Waals surface area contributed by atoms with Gasteiger partial charge in [0.25, 0.3) is 5.91 Å². The van der Waals surface area contributed by atoms with Crippen molar-refractivity contribution in [3.8, 4) is 0 Å². The molecule has 100 valence electrons. The number of carbonyl (C=O) groups is 1. The van der Waals surface area contributed by atoms with Gasteiger partial charge in [0.2, 0.25) is 0 Å². The van der Waals surface area contributed by atoms with Gasteiger partial charge in [-0.2, -0.15) is 0 Å². The molecule has 1 amide bonds. The molecule has 0 saturated carbocycles. The van der Waals surface area contributed by atoms with Crippen LogP contribution in [0.25, 0.3) is 0 Å². The Morgan fingerprint density at radius 2 is 2.06 bits per heavy atom. The number of carbonyl (C=O) groups excluding carboxylic acids is 1. The molecule has 0 aromatic carbocycles. The molecule has 6 nitrogen and oxygen atoms in total. The third-order valence-electron chi connectivity index (χ3n) is 3.18. The summed E-state index contributed by atoms with van der Waals surface area (Å²) in [6.07, 6.45) is 2.22. The number of likely N-dealkylation sites (tertiary alicyclic amines) is 1. The molecule has 0 atom stereocenters. The SMILES string of the molecule is Cc1cc(C(=O)N2CCC(S(C)(=O)=O)CC2)no1. The van der Waals surface area contributed by atoms with Crippen LogP contribution in [0, 0.1) is 6.92 Å². The first-order chi connectivity index (χ1) is 8.38. The second-order valence-corrected chi connectivity index (χ2v) is 6.97. The van der Waals surface area contributed by atoms with Crippen LogP contribution >= 0.6 is 0 Å². The van der Waals surface area contributed by atoms with Crippen LogP contribution in [0.2, 0.25) is 0 Å². The lowest BCUT2D eigenvalue weighted by atomic mass is 10.1. The van der Waals surface area contributed by atoms with E-state index in [1.165, 1.54) is 6.26 Å². The molecule has 0 spiro atoms. The highest BCUT2D eigenvalue weighted by atomic mass is 32.2. The first kappa shape index (κ1) is 13.1. The topological polar surface area (TPSA) is 80.5 Å². The molecule has 2 rings (SSSR count). The van der Waals surface area contributed by atoms with Crippen LogP contribution in [-0.2, 0) is 9.84 Å². The summed E-state index contributed by atoms with van der Waals surface area (Å²) in [7, 11) is -3.01. The van der Waals surface area contributed by atoms with Crippen LogP contribution < -0.4 is 0 Å². The molecule has 7 heteroatoms. The van der Waals surface area contributed by atoms with Crippen molar-refractivity contribution >= 4 is 15.7 Å². The number of aryl methyl sites for hydroxylation is 1. The third kappa shape index (κ3) is 2.72. The lowest BCUT2D eigenvalue weighted by Crippen LogP contribution is -2.42. The Balaban J connectivity index is 2.00. The van der Waals surface area contributed by atoms with Gasteiger partial charge in [0.1, 0.15) is 15.6 Å². The zero-order chi connectivity index (χ0) is 13.3. The summed E-state index contributed by atoms with van der Waals surface area (Å²) in [5.41, 5.74) is 0.283. The van der Waals surface area contributed by atoms with Crippen molar-refractivity contribution < 1.29 is 17.7 Å². The van der Waals surface area contributed by atoms with Crippen molar-refractivity contribution in [1.82, 2.24) is 10.1 Å². The predicted octanol–water partition coefficient (Wildman–Crippen LogP) is 0.632. The standard InChI is InChI=1S/C11H16N2O4S/c1-8-7-10(12-17-8)11(14)13-5-3-9(4-6-13)18(2,15)16/h7,9H,3-6H2,1-2H3. The second-order valence-electron chi connectivity index (χ2n) is 4.64. The van der Waals surface area contributed by atoms with E-state index in [1.807, 2.05) is 0 Å². The molecule has 18 heavy (non-hydrogen) atoms. The van der Waals surface area contributed by atoms with Crippen LogP contribution in [0.1, 0.15) is 29.1 Å². The molecule has 0 aliphatic carbocycles. The van der Waals surface area contributed by atoms with Crippen molar-refractivity contribution in [2.45, 2.75) is 25.0 Å². The molecular weight excluding hydrogens is 256 g/mol. The highest BCUT2D eigenvalue weighted by Crippen LogP contribution is 2.18. The Hall–Kier alpha value is -1.37. The summed E-state index contributed by atoms with van der Waals surface area (Å²) in [4.78, 5) is 13.6. The van der Waals surface area contributed by atoms with E-state index in [0.717, 1.165) is 0 Å². The van der Waals surface area contributed by atoms with E-state index in [4.69, 9.17) is 4.52 Å². The van der Waals surface area contributed by atoms with Crippen LogP contribution in [0.15, 0.2) is 10.6 Å². The first-order valence-electron chi connectivity index (χ1n) is 5.79. The van der Waals surface area contributed by atoms with Gasteiger partial charge in [-0.15, -0.1) is 0 Å². The van der Waals surface area contributed by atoms with E-state index >= 15 is 0 Å². The number of nitrogens with zero attached hydrogens (tertiary/aromatic N) is 2. The second kappa shape index (κ2) is 4.72. The van der Waals surface area contributed by atoms with Crippen LogP contribution in [0.3, 0.4) is 0 Å². The Kier molecular flexibility index (Phi) is 3.43. The first-order valence-corrected chi connectivity index (χ1v) is 7.75. The van der Waals surface area contributed by atoms with Crippen LogP contribution in [-0.4, -0.2) is 49.0 Å². The summed E-state index contributed by atoms with van der Waals surface area (Å²) in [6, 6.07) is 1.59. The molecular formula is C11H16N2O4S. The molecule has 0 bridgehead atoms. The number of rotatable bonds is 2. The summed E-state index contributed by atoms with van der Waals surface area (Å²) in [6.45, 7) is 2.62. The summed E-state index contributed by atoms with van der Waals surface area (Å²) in [5.74, 6) is 0.392. The zero-order valence-corrected chi connectivity index (χ0v) is 11.2. The van der Waals surface area contributed by atoms with E-state index in [0.29, 0.717) is 31.7 Å². The van der Waals surface area contributed by atoms with E-state index in [2.05, 4.69) is 5.16 Å². The molecule has 1 aliphatic rings. The van der Waals surface area contributed by atoms with E-state index < -0.39 is 9.84 Å². The highest BCUT2D eigenvalue weighted by molar-refractivity contribution is 7.91. The normalized spacial score (nSPS) is 18.0. The molecule has 1 aromatic rings. The van der Waals surface area contributed by atoms with Gasteiger partial charge in [-0.25, -0.2) is 8.42 Å². The fourth-order valence-electron chi connectivity index (χ4n) is 2.12. The molecule has 1 saturated heterocycles. The van der Waals surface area contributed by atoms with Gasteiger partial charge >= 0.3 is 0 Å². The van der Waals surface area contributed by atoms with Crippen molar-refractivity contribution in [3.63, 3.8) is 0 Å². The predicted molar refractivity (Wildman–Crippen MR) is 65.0 cm³/mol. The van der Waals surface area contributed by atoms with Crippen LogP contribution in [0.4, 0.5) is 0 Å².